The molecule has 1 amide bonds. The molecule has 2 aliphatic heterocycles. The van der Waals surface area contributed by atoms with Crippen molar-refractivity contribution in [3.63, 3.8) is 0 Å². The van der Waals surface area contributed by atoms with Crippen molar-refractivity contribution >= 4 is 11.9 Å². The second-order valence-corrected chi connectivity index (χ2v) is 8.14. The third-order valence-electron chi connectivity index (χ3n) is 5.89. The van der Waals surface area contributed by atoms with Gasteiger partial charge in [0.1, 0.15) is 5.75 Å². The van der Waals surface area contributed by atoms with Crippen LogP contribution in [-0.2, 0) is 16.1 Å². The molecular formula is C22H21F3N2O5. The molecule has 2 aliphatic rings. The highest BCUT2D eigenvalue weighted by molar-refractivity contribution is 5.81. The Kier molecular flexibility index (Phi) is 5.70. The molecule has 2 aromatic rings. The quantitative estimate of drug-likeness (QED) is 0.756. The molecule has 1 aromatic carbocycles. The number of alkyl halides is 3. The number of hydrogen-bond donors (Lipinski definition) is 1. The Morgan fingerprint density at radius 2 is 1.75 bits per heavy atom. The zero-order valence-corrected chi connectivity index (χ0v) is 17.0. The summed E-state index contributed by atoms with van der Waals surface area (Å²) < 4.78 is 43.0. The molecular weight excluding hydrogens is 429 g/mol. The van der Waals surface area contributed by atoms with Crippen LogP contribution in [0.5, 0.6) is 5.75 Å². The van der Waals surface area contributed by atoms with Gasteiger partial charge in [-0.1, -0.05) is 12.1 Å². The smallest absolute Gasteiger partial charge is 0.481 e. The normalized spacial score (nSPS) is 19.9. The first kappa shape index (κ1) is 21.9. The van der Waals surface area contributed by atoms with E-state index in [0.29, 0.717) is 30.8 Å². The van der Waals surface area contributed by atoms with E-state index in [1.807, 2.05) is 0 Å². The Labute approximate surface area is 181 Å². The molecule has 1 fully saturated rings. The SMILES string of the molecule is O=C(O)CCC(=O)N1CC2CC(C1)c1c(-c3ccc(OC(F)(F)F)cc3)ccc(=O)n1C2. The molecule has 7 nitrogen and oxygen atoms in total. The Hall–Kier alpha value is -3.30. The van der Waals surface area contributed by atoms with Crippen LogP contribution in [0.25, 0.3) is 11.1 Å². The number of carboxylic acids is 1. The van der Waals surface area contributed by atoms with Crippen LogP contribution in [0.15, 0.2) is 41.2 Å². The minimum Gasteiger partial charge on any atom is -0.481 e. The average molecular weight is 450 g/mol. The number of rotatable bonds is 5. The van der Waals surface area contributed by atoms with Gasteiger partial charge in [0.05, 0.1) is 6.42 Å². The van der Waals surface area contributed by atoms with E-state index >= 15 is 0 Å². The van der Waals surface area contributed by atoms with Crippen molar-refractivity contribution in [3.8, 4) is 16.9 Å². The predicted octanol–water partition coefficient (Wildman–Crippen LogP) is 3.22. The zero-order valence-electron chi connectivity index (χ0n) is 17.0. The maximum Gasteiger partial charge on any atom is 0.573 e. The Bertz CT molecular complexity index is 1090. The summed E-state index contributed by atoms with van der Waals surface area (Å²) in [7, 11) is 0. The van der Waals surface area contributed by atoms with Crippen LogP contribution in [-0.4, -0.2) is 45.9 Å². The summed E-state index contributed by atoms with van der Waals surface area (Å²) in [5.41, 5.74) is 1.93. The van der Waals surface area contributed by atoms with E-state index < -0.39 is 12.3 Å². The fourth-order valence-electron chi connectivity index (χ4n) is 4.67. The summed E-state index contributed by atoms with van der Waals surface area (Å²) in [6.45, 7) is 1.26. The van der Waals surface area contributed by atoms with Crippen LogP contribution in [0, 0.1) is 5.92 Å². The zero-order chi connectivity index (χ0) is 23.0. The highest BCUT2D eigenvalue weighted by Crippen LogP contribution is 2.40. The summed E-state index contributed by atoms with van der Waals surface area (Å²) >= 11 is 0. The van der Waals surface area contributed by atoms with Crippen LogP contribution in [0.2, 0.25) is 0 Å². The first-order chi connectivity index (χ1) is 15.1. The number of hydrogen-bond acceptors (Lipinski definition) is 4. The molecule has 0 aliphatic carbocycles. The van der Waals surface area contributed by atoms with Gasteiger partial charge >= 0.3 is 12.3 Å². The Balaban J connectivity index is 1.64. The van der Waals surface area contributed by atoms with Crippen LogP contribution >= 0.6 is 0 Å². The molecule has 1 N–H and O–H groups in total. The minimum atomic E-state index is -4.78. The topological polar surface area (TPSA) is 88.8 Å². The number of carbonyl (C=O) groups is 2. The second kappa shape index (κ2) is 8.33. The fourth-order valence-corrected chi connectivity index (χ4v) is 4.67. The van der Waals surface area contributed by atoms with Crippen LogP contribution in [0.3, 0.4) is 0 Å². The van der Waals surface area contributed by atoms with Crippen molar-refractivity contribution in [2.45, 2.75) is 38.1 Å². The highest BCUT2D eigenvalue weighted by Gasteiger charge is 2.38. The summed E-state index contributed by atoms with van der Waals surface area (Å²) in [4.78, 5) is 37.5. The van der Waals surface area contributed by atoms with Gasteiger partial charge in [-0.05, 0) is 36.1 Å². The number of fused-ring (bicyclic) bond motifs is 4. The lowest BCUT2D eigenvalue weighted by Crippen LogP contribution is -2.49. The molecule has 2 bridgehead atoms. The van der Waals surface area contributed by atoms with Crippen molar-refractivity contribution in [2.24, 2.45) is 5.92 Å². The van der Waals surface area contributed by atoms with Crippen molar-refractivity contribution in [3.05, 3.63) is 52.4 Å². The Morgan fingerprint density at radius 1 is 1.03 bits per heavy atom. The van der Waals surface area contributed by atoms with Crippen LogP contribution in [0.4, 0.5) is 13.2 Å². The maximum absolute atomic E-state index is 12.6. The lowest BCUT2D eigenvalue weighted by molar-refractivity contribution is -0.274. The van der Waals surface area contributed by atoms with Crippen molar-refractivity contribution in [1.29, 1.82) is 0 Å². The molecule has 1 aromatic heterocycles. The summed E-state index contributed by atoms with van der Waals surface area (Å²) in [6, 6.07) is 8.55. The number of aromatic nitrogens is 1. The molecule has 32 heavy (non-hydrogen) atoms. The number of carboxylic acid groups (broad SMARTS) is 1. The average Bonchev–Trinajstić information content (AvgIpc) is 2.72. The largest absolute Gasteiger partial charge is 0.573 e. The number of piperidine rings is 1. The molecule has 10 heteroatoms. The van der Waals surface area contributed by atoms with Gasteiger partial charge in [-0.25, -0.2) is 0 Å². The summed E-state index contributed by atoms with van der Waals surface area (Å²) in [6.07, 6.45) is -4.33. The number of aliphatic carboxylic acids is 1. The monoisotopic (exact) mass is 450 g/mol. The van der Waals surface area contributed by atoms with E-state index in [9.17, 15) is 27.6 Å². The number of pyridine rings is 1. The Morgan fingerprint density at radius 3 is 2.41 bits per heavy atom. The molecule has 4 rings (SSSR count). The van der Waals surface area contributed by atoms with Gasteiger partial charge in [0.2, 0.25) is 5.91 Å². The van der Waals surface area contributed by atoms with E-state index in [1.54, 1.807) is 15.5 Å². The van der Waals surface area contributed by atoms with E-state index in [0.717, 1.165) is 12.1 Å². The number of ether oxygens (including phenoxy) is 1. The standard InChI is InChI=1S/C22H21F3N2O5/c23-22(24,25)32-16-3-1-14(2-4-16)17-5-6-19(29)27-11-13-9-15(21(17)27)12-26(10-13)18(28)7-8-20(30)31/h1-6,13,15H,7-12H2,(H,30,31). The molecule has 1 saturated heterocycles. The third-order valence-corrected chi connectivity index (χ3v) is 5.89. The number of halogens is 3. The minimum absolute atomic E-state index is 0.0746. The van der Waals surface area contributed by atoms with Crippen molar-refractivity contribution in [1.82, 2.24) is 9.47 Å². The number of nitrogens with zero attached hydrogens (tertiary/aromatic N) is 2. The number of amides is 1. The summed E-state index contributed by atoms with van der Waals surface area (Å²) in [5.74, 6) is -1.66. The van der Waals surface area contributed by atoms with Gasteiger partial charge in [-0.15, -0.1) is 13.2 Å². The summed E-state index contributed by atoms with van der Waals surface area (Å²) in [5, 5.41) is 8.85. The molecule has 0 saturated carbocycles. The third kappa shape index (κ3) is 4.63. The van der Waals surface area contributed by atoms with Gasteiger partial charge in [0.15, 0.2) is 0 Å². The van der Waals surface area contributed by atoms with E-state index in [1.165, 1.54) is 30.3 Å². The molecule has 0 radical (unpaired) electrons. The maximum atomic E-state index is 12.6. The lowest BCUT2D eigenvalue weighted by atomic mass is 9.80. The lowest BCUT2D eigenvalue weighted by Gasteiger charge is -2.43. The van der Waals surface area contributed by atoms with Gasteiger partial charge in [-0.2, -0.15) is 0 Å². The van der Waals surface area contributed by atoms with Gasteiger partial charge in [0.25, 0.3) is 5.56 Å². The second-order valence-electron chi connectivity index (χ2n) is 8.14. The highest BCUT2D eigenvalue weighted by atomic mass is 19.4. The van der Waals surface area contributed by atoms with E-state index in [4.69, 9.17) is 5.11 Å². The number of benzene rings is 1. The molecule has 0 spiro atoms. The van der Waals surface area contributed by atoms with Crippen molar-refractivity contribution < 1.29 is 32.6 Å². The van der Waals surface area contributed by atoms with Crippen LogP contribution < -0.4 is 10.3 Å². The van der Waals surface area contributed by atoms with Gasteiger partial charge in [-0.3, -0.25) is 14.4 Å². The van der Waals surface area contributed by atoms with Gasteiger partial charge < -0.3 is 19.3 Å². The van der Waals surface area contributed by atoms with E-state index in [-0.39, 0.29) is 41.9 Å². The molecule has 2 atom stereocenters. The van der Waals surface area contributed by atoms with Crippen LogP contribution in [0.1, 0.15) is 30.9 Å². The van der Waals surface area contributed by atoms with E-state index in [2.05, 4.69) is 4.74 Å². The fraction of sp³-hybridized carbons (Fsp3) is 0.409. The van der Waals surface area contributed by atoms with Crippen molar-refractivity contribution in [2.75, 3.05) is 13.1 Å². The van der Waals surface area contributed by atoms with Gasteiger partial charge in [0, 0.05) is 49.3 Å². The molecule has 3 heterocycles. The number of likely N-dealkylation sites (tertiary alicyclic amines) is 1. The predicted molar refractivity (Wildman–Crippen MR) is 107 cm³/mol. The molecule has 2 unspecified atom stereocenters. The first-order valence-electron chi connectivity index (χ1n) is 10.2. The molecule has 170 valence electrons. The number of carbonyl (C=O) groups excluding carboxylic acids is 1. The first-order valence-corrected chi connectivity index (χ1v) is 10.2.